The van der Waals surface area contributed by atoms with E-state index in [1.807, 2.05) is 16.2 Å². The minimum atomic E-state index is 0.209. The molecule has 2 aliphatic heterocycles. The number of rotatable bonds is 3. The number of thiophene rings is 1. The van der Waals surface area contributed by atoms with Gasteiger partial charge in [0.2, 0.25) is 5.91 Å². The predicted molar refractivity (Wildman–Crippen MR) is 80.5 cm³/mol. The summed E-state index contributed by atoms with van der Waals surface area (Å²) in [6.07, 6.45) is 1.01. The fourth-order valence-electron chi connectivity index (χ4n) is 2.72. The van der Waals surface area contributed by atoms with Gasteiger partial charge in [0.15, 0.2) is 0 Å². The van der Waals surface area contributed by atoms with Crippen molar-refractivity contribution in [3.63, 3.8) is 0 Å². The van der Waals surface area contributed by atoms with E-state index in [4.69, 9.17) is 0 Å². The highest BCUT2D eigenvalue weighted by Crippen LogP contribution is 2.23. The number of carbonyl (C=O) groups is 1. The Hall–Kier alpha value is -0.950. The van der Waals surface area contributed by atoms with Crippen molar-refractivity contribution in [2.75, 3.05) is 46.3 Å². The summed E-state index contributed by atoms with van der Waals surface area (Å²) < 4.78 is 0. The molecule has 6 heteroatoms. The highest BCUT2D eigenvalue weighted by molar-refractivity contribution is 7.10. The first kappa shape index (κ1) is 14.0. The number of hydrazine groups is 1. The number of hydrogen-bond donors (Lipinski definition) is 1. The van der Waals surface area contributed by atoms with Crippen molar-refractivity contribution >= 4 is 17.2 Å². The van der Waals surface area contributed by atoms with Crippen LogP contribution in [0.2, 0.25) is 0 Å². The van der Waals surface area contributed by atoms with E-state index >= 15 is 0 Å². The standard InChI is InChI=1S/C14H22N4OS/c1-16-5-7-18(8-6-16)15-10-14(19)17-4-2-13-12(11-17)3-9-20-13/h3,9,15H,2,4-8,10-11H2,1H3. The topological polar surface area (TPSA) is 38.8 Å². The van der Waals surface area contributed by atoms with Crippen LogP contribution in [0.15, 0.2) is 11.4 Å². The maximum atomic E-state index is 12.3. The van der Waals surface area contributed by atoms with Gasteiger partial charge in [0.25, 0.3) is 0 Å². The van der Waals surface area contributed by atoms with Crippen LogP contribution in [0.25, 0.3) is 0 Å². The van der Waals surface area contributed by atoms with Crippen molar-refractivity contribution < 1.29 is 4.79 Å². The molecular formula is C14H22N4OS. The molecule has 1 saturated heterocycles. The molecule has 0 aromatic carbocycles. The van der Waals surface area contributed by atoms with E-state index in [9.17, 15) is 4.79 Å². The zero-order valence-electron chi connectivity index (χ0n) is 12.0. The molecule has 0 atom stereocenters. The lowest BCUT2D eigenvalue weighted by atomic mass is 10.1. The van der Waals surface area contributed by atoms with Gasteiger partial charge in [-0.2, -0.15) is 0 Å². The van der Waals surface area contributed by atoms with E-state index in [0.717, 1.165) is 45.7 Å². The van der Waals surface area contributed by atoms with Crippen LogP contribution in [0.3, 0.4) is 0 Å². The van der Waals surface area contributed by atoms with Crippen molar-refractivity contribution in [1.82, 2.24) is 20.2 Å². The van der Waals surface area contributed by atoms with Crippen molar-refractivity contribution in [3.05, 3.63) is 21.9 Å². The van der Waals surface area contributed by atoms with Gasteiger partial charge in [0.05, 0.1) is 6.54 Å². The summed E-state index contributed by atoms with van der Waals surface area (Å²) in [5.41, 5.74) is 4.60. The largest absolute Gasteiger partial charge is 0.337 e. The lowest BCUT2D eigenvalue weighted by molar-refractivity contribution is -0.132. The lowest BCUT2D eigenvalue weighted by Crippen LogP contribution is -2.53. The summed E-state index contributed by atoms with van der Waals surface area (Å²) >= 11 is 1.81. The van der Waals surface area contributed by atoms with Crippen LogP contribution in [0.4, 0.5) is 0 Å². The molecule has 3 heterocycles. The zero-order valence-corrected chi connectivity index (χ0v) is 12.8. The molecule has 1 fully saturated rings. The molecule has 0 spiro atoms. The fraction of sp³-hybridized carbons (Fsp3) is 0.643. The van der Waals surface area contributed by atoms with Crippen LogP contribution in [0, 0.1) is 0 Å². The summed E-state index contributed by atoms with van der Waals surface area (Å²) in [7, 11) is 2.13. The smallest absolute Gasteiger partial charge is 0.238 e. The molecule has 20 heavy (non-hydrogen) atoms. The molecule has 1 aromatic heterocycles. The number of nitrogens with zero attached hydrogens (tertiary/aromatic N) is 3. The Kier molecular flexibility index (Phi) is 4.35. The van der Waals surface area contributed by atoms with Gasteiger partial charge >= 0.3 is 0 Å². The van der Waals surface area contributed by atoms with Crippen molar-refractivity contribution in [3.8, 4) is 0 Å². The third-order valence-corrected chi connectivity index (χ3v) is 5.14. The predicted octanol–water partition coefficient (Wildman–Crippen LogP) is 0.385. The number of amides is 1. The number of carbonyl (C=O) groups excluding carboxylic acids is 1. The molecular weight excluding hydrogens is 272 g/mol. The number of fused-ring (bicyclic) bond motifs is 1. The minimum absolute atomic E-state index is 0.209. The molecule has 0 saturated carbocycles. The van der Waals surface area contributed by atoms with Crippen LogP contribution >= 0.6 is 11.3 Å². The highest BCUT2D eigenvalue weighted by Gasteiger charge is 2.22. The van der Waals surface area contributed by atoms with Crippen molar-refractivity contribution in [1.29, 1.82) is 0 Å². The minimum Gasteiger partial charge on any atom is -0.337 e. The van der Waals surface area contributed by atoms with E-state index in [1.54, 1.807) is 0 Å². The molecule has 1 aromatic rings. The van der Waals surface area contributed by atoms with Gasteiger partial charge < -0.3 is 9.80 Å². The summed E-state index contributed by atoms with van der Waals surface area (Å²) in [5.74, 6) is 0.209. The molecule has 3 rings (SSSR count). The molecule has 0 aliphatic carbocycles. The lowest BCUT2D eigenvalue weighted by Gasteiger charge is -2.33. The Morgan fingerprint density at radius 2 is 2.10 bits per heavy atom. The van der Waals surface area contributed by atoms with Gasteiger partial charge in [-0.1, -0.05) is 0 Å². The van der Waals surface area contributed by atoms with Crippen molar-refractivity contribution in [2.45, 2.75) is 13.0 Å². The number of nitrogens with one attached hydrogen (secondary N) is 1. The SMILES string of the molecule is CN1CCN(NCC(=O)N2CCc3sccc3C2)CC1. The Labute approximate surface area is 124 Å². The summed E-state index contributed by atoms with van der Waals surface area (Å²) in [6, 6.07) is 2.15. The van der Waals surface area contributed by atoms with Crippen LogP contribution < -0.4 is 5.43 Å². The van der Waals surface area contributed by atoms with Gasteiger partial charge in [-0.3, -0.25) is 4.79 Å². The number of piperazine rings is 1. The van der Waals surface area contributed by atoms with Crippen LogP contribution in [0.5, 0.6) is 0 Å². The van der Waals surface area contributed by atoms with Gasteiger partial charge in [-0.25, -0.2) is 10.4 Å². The first-order chi connectivity index (χ1) is 9.72. The molecule has 5 nitrogen and oxygen atoms in total. The second kappa shape index (κ2) is 6.22. The van der Waals surface area contributed by atoms with E-state index in [2.05, 4.69) is 33.8 Å². The van der Waals surface area contributed by atoms with E-state index in [-0.39, 0.29) is 5.91 Å². The highest BCUT2D eigenvalue weighted by atomic mass is 32.1. The van der Waals surface area contributed by atoms with Gasteiger partial charge in [-0.05, 0) is 30.5 Å². The molecule has 0 unspecified atom stereocenters. The Morgan fingerprint density at radius 1 is 1.30 bits per heavy atom. The molecule has 110 valence electrons. The second-order valence-corrected chi connectivity index (χ2v) is 6.56. The summed E-state index contributed by atoms with van der Waals surface area (Å²) in [6.45, 7) is 6.14. The monoisotopic (exact) mass is 294 g/mol. The maximum absolute atomic E-state index is 12.3. The van der Waals surface area contributed by atoms with E-state index < -0.39 is 0 Å². The van der Waals surface area contributed by atoms with Crippen LogP contribution in [0.1, 0.15) is 10.4 Å². The molecule has 0 radical (unpaired) electrons. The third kappa shape index (κ3) is 3.20. The van der Waals surface area contributed by atoms with Gasteiger partial charge in [0.1, 0.15) is 0 Å². The normalized spacial score (nSPS) is 20.9. The fourth-order valence-corrected chi connectivity index (χ4v) is 3.61. The molecule has 1 amide bonds. The van der Waals surface area contributed by atoms with E-state index in [1.165, 1.54) is 10.4 Å². The molecule has 1 N–H and O–H groups in total. The first-order valence-electron chi connectivity index (χ1n) is 7.22. The molecule has 2 aliphatic rings. The zero-order chi connectivity index (χ0) is 13.9. The Balaban J connectivity index is 1.46. The van der Waals surface area contributed by atoms with Crippen LogP contribution in [-0.4, -0.2) is 67.0 Å². The Bertz CT molecular complexity index is 467. The van der Waals surface area contributed by atoms with Gasteiger partial charge in [-0.15, -0.1) is 11.3 Å². The van der Waals surface area contributed by atoms with E-state index in [0.29, 0.717) is 6.54 Å². The number of likely N-dealkylation sites (N-methyl/N-ethyl adjacent to an activating group) is 1. The van der Waals surface area contributed by atoms with Crippen LogP contribution in [-0.2, 0) is 17.8 Å². The third-order valence-electron chi connectivity index (χ3n) is 4.12. The number of hydrogen-bond acceptors (Lipinski definition) is 5. The second-order valence-electron chi connectivity index (χ2n) is 5.56. The summed E-state index contributed by atoms with van der Waals surface area (Å²) in [4.78, 5) is 18.0. The maximum Gasteiger partial charge on any atom is 0.238 e. The average Bonchev–Trinajstić information content (AvgIpc) is 2.93. The quantitative estimate of drug-likeness (QED) is 0.875. The summed E-state index contributed by atoms with van der Waals surface area (Å²) in [5, 5.41) is 4.29. The average molecular weight is 294 g/mol. The first-order valence-corrected chi connectivity index (χ1v) is 8.10. The Morgan fingerprint density at radius 3 is 2.90 bits per heavy atom. The molecule has 0 bridgehead atoms. The van der Waals surface area contributed by atoms with Crippen molar-refractivity contribution in [2.24, 2.45) is 0 Å². The van der Waals surface area contributed by atoms with Gasteiger partial charge in [0, 0.05) is 44.1 Å².